The highest BCUT2D eigenvalue weighted by atomic mass is 32.2. The van der Waals surface area contributed by atoms with Gasteiger partial charge in [0.05, 0.1) is 33.5 Å². The third kappa shape index (κ3) is 14.0. The van der Waals surface area contributed by atoms with Crippen molar-refractivity contribution in [1.82, 2.24) is 0 Å². The van der Waals surface area contributed by atoms with Crippen LogP contribution in [0, 0.1) is 56.7 Å². The maximum atomic E-state index is 13.6. The Bertz CT molecular complexity index is 2830. The van der Waals surface area contributed by atoms with Crippen molar-refractivity contribution in [3.63, 3.8) is 0 Å². The Morgan fingerprint density at radius 3 is 1.70 bits per heavy atom. The van der Waals surface area contributed by atoms with Crippen molar-refractivity contribution >= 4 is 44.1 Å². The van der Waals surface area contributed by atoms with Gasteiger partial charge in [0, 0.05) is 31.1 Å². The van der Waals surface area contributed by atoms with Crippen molar-refractivity contribution in [1.29, 1.82) is 5.26 Å². The molecule has 8 aliphatic rings. The fraction of sp³-hybridized carbons (Fsp3) is 0.814. The second-order valence-electron chi connectivity index (χ2n) is 27.2. The lowest BCUT2D eigenvalue weighted by atomic mass is 9.50. The van der Waals surface area contributed by atoms with E-state index in [1.165, 1.54) is 44.2 Å². The van der Waals surface area contributed by atoms with Gasteiger partial charge in [-0.05, 0) is 161 Å². The summed E-state index contributed by atoms with van der Waals surface area (Å²) in [6.07, 6.45) is 13.3. The number of benzene rings is 1. The van der Waals surface area contributed by atoms with E-state index in [9.17, 15) is 77.8 Å². The van der Waals surface area contributed by atoms with E-state index in [0.717, 1.165) is 50.7 Å². The fourth-order valence-electron chi connectivity index (χ4n) is 12.7. The van der Waals surface area contributed by atoms with Crippen LogP contribution in [0.25, 0.3) is 0 Å². The molecular weight excluding hydrogens is 1160 g/mol. The van der Waals surface area contributed by atoms with Crippen LogP contribution in [0.15, 0.2) is 24.3 Å². The van der Waals surface area contributed by atoms with Crippen LogP contribution in [-0.2, 0) is 58.4 Å². The number of halogens is 6. The van der Waals surface area contributed by atoms with Crippen molar-refractivity contribution in [3.8, 4) is 11.8 Å². The van der Waals surface area contributed by atoms with Crippen molar-refractivity contribution in [2.24, 2.45) is 45.3 Å². The summed E-state index contributed by atoms with van der Waals surface area (Å²) in [4.78, 5) is 48.7. The molecule has 8 unspecified atom stereocenters. The SMILES string of the molecule is CCC(C)(C)C(=O)OC(C)(C)C1CCCCC1.CCC(C)(C)C(=O)OC12CC3CC(O)(CC(O)(C3)C1)C2.CCC(C)(C)C(=O)OC1C2CC3C1OC(=O)C3(C#N)C2.CCC(C)c1ccc(OS(=O)(=O)C(F)(F)C(F)(F)C(F)(F)S(=O)(=O)O)cc1. The summed E-state index contributed by atoms with van der Waals surface area (Å²) in [6, 6.07) is 6.28. The number of esters is 4. The Morgan fingerprint density at radius 1 is 0.738 bits per heavy atom. The zero-order valence-electron chi connectivity index (χ0n) is 50.6. The lowest BCUT2D eigenvalue weighted by Gasteiger charge is -2.62. The molecule has 0 spiro atoms. The molecule has 8 fully saturated rings. The van der Waals surface area contributed by atoms with Crippen LogP contribution in [-0.4, -0.2) is 107 Å². The first-order chi connectivity index (χ1) is 38.2. The molecule has 8 atom stereocenters. The average molecular weight is 1240 g/mol. The van der Waals surface area contributed by atoms with E-state index in [0.29, 0.717) is 50.0 Å². The van der Waals surface area contributed by atoms with Crippen LogP contribution >= 0.6 is 0 Å². The molecule has 6 bridgehead atoms. The van der Waals surface area contributed by atoms with Gasteiger partial charge < -0.3 is 33.3 Å². The summed E-state index contributed by atoms with van der Waals surface area (Å²) in [7, 11) is -13.9. The first-order valence-electron chi connectivity index (χ1n) is 29.1. The molecule has 25 heteroatoms. The van der Waals surface area contributed by atoms with E-state index in [1.54, 1.807) is 6.92 Å². The van der Waals surface area contributed by atoms with Crippen molar-refractivity contribution < 1.29 is 100 Å². The number of alkyl halides is 6. The summed E-state index contributed by atoms with van der Waals surface area (Å²) in [6.45, 7) is 25.1. The maximum Gasteiger partial charge on any atom is 0.450 e. The van der Waals surface area contributed by atoms with Gasteiger partial charge in [-0.1, -0.05) is 66.0 Å². The Hall–Kier alpha value is -4.25. The minimum atomic E-state index is -7.08. The van der Waals surface area contributed by atoms with Crippen LogP contribution in [0.1, 0.15) is 211 Å². The van der Waals surface area contributed by atoms with Gasteiger partial charge in [0.2, 0.25) is 0 Å². The van der Waals surface area contributed by atoms with E-state index < -0.39 is 87.5 Å². The molecule has 9 rings (SSSR count). The second-order valence-corrected chi connectivity index (χ2v) is 30.2. The summed E-state index contributed by atoms with van der Waals surface area (Å²) < 4.78 is 158. The molecule has 1 heterocycles. The number of rotatable bonds is 18. The van der Waals surface area contributed by atoms with Crippen LogP contribution < -0.4 is 4.18 Å². The van der Waals surface area contributed by atoms with Gasteiger partial charge >= 0.3 is 60.5 Å². The van der Waals surface area contributed by atoms with Gasteiger partial charge in [-0.25, -0.2) is 0 Å². The van der Waals surface area contributed by atoms with Crippen molar-refractivity contribution in [3.05, 3.63) is 29.8 Å². The predicted octanol–water partition coefficient (Wildman–Crippen LogP) is 11.9. The molecule has 84 heavy (non-hydrogen) atoms. The normalized spacial score (nSPS) is 29.8. The third-order valence-corrected chi connectivity index (χ3v) is 21.4. The van der Waals surface area contributed by atoms with Gasteiger partial charge in [-0.3, -0.25) is 23.7 Å². The van der Waals surface area contributed by atoms with Crippen LogP contribution in [0.2, 0.25) is 0 Å². The summed E-state index contributed by atoms with van der Waals surface area (Å²) >= 11 is 0. The highest BCUT2D eigenvalue weighted by molar-refractivity contribution is 7.88. The molecule has 0 radical (unpaired) electrons. The molecule has 0 amide bonds. The number of hydrogen-bond donors (Lipinski definition) is 3. The first kappa shape index (κ1) is 70.5. The van der Waals surface area contributed by atoms with Gasteiger partial charge in [-0.15, -0.1) is 0 Å². The Kier molecular flexibility index (Phi) is 20.5. The minimum Gasteiger partial charge on any atom is -0.459 e. The highest BCUT2D eigenvalue weighted by Crippen LogP contribution is 2.63. The predicted molar refractivity (Wildman–Crippen MR) is 294 cm³/mol. The number of aliphatic hydroxyl groups is 2. The topological polar surface area (TPSA) is 267 Å². The molecule has 7 saturated carbocycles. The molecule has 17 nitrogen and oxygen atoms in total. The van der Waals surface area contributed by atoms with Crippen LogP contribution in [0.4, 0.5) is 26.3 Å². The zero-order chi connectivity index (χ0) is 64.1. The molecule has 1 aromatic rings. The molecule has 3 N–H and O–H groups in total. The van der Waals surface area contributed by atoms with E-state index in [4.69, 9.17) is 23.5 Å². The Morgan fingerprint density at radius 2 is 1.24 bits per heavy atom. The molecule has 1 saturated heterocycles. The summed E-state index contributed by atoms with van der Waals surface area (Å²) in [5.41, 5.74) is -4.38. The van der Waals surface area contributed by atoms with E-state index >= 15 is 0 Å². The van der Waals surface area contributed by atoms with Gasteiger partial charge in [0.1, 0.15) is 29.2 Å². The fourth-order valence-corrected chi connectivity index (χ4v) is 14.1. The molecular formula is C59H87F6NO16S2. The number of nitriles is 1. The summed E-state index contributed by atoms with van der Waals surface area (Å²) in [5, 5.41) is 17.1. The number of hydrogen-bond acceptors (Lipinski definition) is 16. The average Bonchev–Trinajstić information content (AvgIpc) is 2.05. The zero-order valence-corrected chi connectivity index (χ0v) is 52.2. The van der Waals surface area contributed by atoms with E-state index in [1.807, 2.05) is 69.2 Å². The van der Waals surface area contributed by atoms with Crippen LogP contribution in [0.5, 0.6) is 5.75 Å². The van der Waals surface area contributed by atoms with E-state index in [2.05, 4.69) is 24.1 Å². The number of nitrogens with zero attached hydrogens (tertiary/aromatic N) is 1. The molecule has 478 valence electrons. The van der Waals surface area contributed by atoms with Gasteiger partial charge in [0.15, 0.2) is 5.41 Å². The first-order valence-corrected chi connectivity index (χ1v) is 31.9. The quantitative estimate of drug-likeness (QED) is 0.0405. The number of carbonyl (C=O) groups excluding carboxylic acids is 4. The Labute approximate surface area is 490 Å². The molecule has 1 aliphatic heterocycles. The molecule has 7 aliphatic carbocycles. The highest BCUT2D eigenvalue weighted by Gasteiger charge is 2.83. The van der Waals surface area contributed by atoms with Gasteiger partial charge in [0.25, 0.3) is 0 Å². The number of ether oxygens (including phenoxy) is 4. The minimum absolute atomic E-state index is 0.0186. The van der Waals surface area contributed by atoms with Crippen molar-refractivity contribution in [2.45, 2.75) is 256 Å². The summed E-state index contributed by atoms with van der Waals surface area (Å²) in [5.74, 6) is -8.09. The third-order valence-electron chi connectivity index (χ3n) is 19.2. The monoisotopic (exact) mass is 1240 g/mol. The van der Waals surface area contributed by atoms with Crippen molar-refractivity contribution in [2.75, 3.05) is 0 Å². The standard InChI is InChI=1S/C16H26O4.C15H19NO4.C15H28O2.C13H14F6O6S2/c1-4-13(2,3)12(17)20-16-7-11-5-14(18,9-16)8-15(19,6-11)10-16;1-4-14(2,3)12(17)19-10-8-5-9-11(10)20-13(18)15(9,6-8)7-16;1-6-14(2,3)13(16)17-15(4,5)12-10-8-7-9-11-12;1-3-8(2)9-4-6-10(7-5-9)25-27(23,24)13(18,19)11(14,15)12(16,17)26(20,21)22/h11,18-19H,4-10H2,1-3H3;8-11H,4-6H2,1-3H3;12H,6-11H2,1-5H3;4-8H,3H2,1-2H3,(H,20,21,22). The molecule has 1 aromatic carbocycles. The molecule has 0 aromatic heterocycles. The largest absolute Gasteiger partial charge is 0.459 e. The smallest absolute Gasteiger partial charge is 0.450 e. The van der Waals surface area contributed by atoms with E-state index in [-0.39, 0.29) is 58.7 Å². The lowest BCUT2D eigenvalue weighted by molar-refractivity contribution is -0.264. The van der Waals surface area contributed by atoms with Crippen LogP contribution in [0.3, 0.4) is 0 Å². The second kappa shape index (κ2) is 24.4. The number of carbonyl (C=O) groups is 4. The number of fused-ring (bicyclic) bond motifs is 1. The van der Waals surface area contributed by atoms with Gasteiger partial charge in [-0.2, -0.15) is 48.4 Å². The Balaban J connectivity index is 0.000000208. The maximum absolute atomic E-state index is 13.6. The lowest BCUT2D eigenvalue weighted by Crippen LogP contribution is -2.67.